The second-order valence-electron chi connectivity index (χ2n) is 8.97. The zero-order valence-corrected chi connectivity index (χ0v) is 23.3. The third-order valence-corrected chi connectivity index (χ3v) is 8.46. The van der Waals surface area contributed by atoms with Gasteiger partial charge in [-0.25, -0.2) is 9.59 Å². The van der Waals surface area contributed by atoms with Gasteiger partial charge in [0.25, 0.3) is 5.91 Å². The van der Waals surface area contributed by atoms with E-state index in [4.69, 9.17) is 9.84 Å². The molecule has 2 N–H and O–H groups in total. The van der Waals surface area contributed by atoms with Crippen LogP contribution in [0.3, 0.4) is 0 Å². The molecule has 1 amide bonds. The Bertz CT molecular complexity index is 1620. The molecule has 5 rings (SSSR count). The Hall–Kier alpha value is -4.01. The minimum absolute atomic E-state index is 0.233. The summed E-state index contributed by atoms with van der Waals surface area (Å²) in [5, 5.41) is 13.7. The molecule has 194 valence electrons. The van der Waals surface area contributed by atoms with E-state index in [1.165, 1.54) is 52.0 Å². The fraction of sp³-hybridized carbons (Fsp3) is 0.167. The number of rotatable bonds is 4. The predicted octanol–water partition coefficient (Wildman–Crippen LogP) is 7.77. The number of aromatic carboxylic acids is 1. The maximum Gasteiger partial charge on any atom is 0.345 e. The summed E-state index contributed by atoms with van der Waals surface area (Å²) >= 11 is 2.77. The van der Waals surface area contributed by atoms with Gasteiger partial charge < -0.3 is 15.2 Å². The summed E-state index contributed by atoms with van der Waals surface area (Å²) in [6.07, 6.45) is 0. The normalized spacial score (nSPS) is 10.7. The molecule has 38 heavy (non-hydrogen) atoms. The number of fused-ring (bicyclic) bond motifs is 2. The highest BCUT2D eigenvalue weighted by molar-refractivity contribution is 7.21. The Morgan fingerprint density at radius 3 is 1.79 bits per heavy atom. The predicted molar refractivity (Wildman–Crippen MR) is 155 cm³/mol. The summed E-state index contributed by atoms with van der Waals surface area (Å²) < 4.78 is 6.87. The number of carbonyl (C=O) groups excluding carboxylic acids is 2. The van der Waals surface area contributed by atoms with Gasteiger partial charge in [-0.1, -0.05) is 24.3 Å². The Morgan fingerprint density at radius 1 is 0.737 bits per heavy atom. The number of nitrogens with one attached hydrogen (secondary N) is 1. The van der Waals surface area contributed by atoms with Gasteiger partial charge in [-0.05, 0) is 97.1 Å². The minimum atomic E-state index is -0.846. The molecule has 0 unspecified atom stereocenters. The molecule has 3 aromatic carbocycles. The average Bonchev–Trinajstić information content (AvgIpc) is 3.49. The fourth-order valence-electron chi connectivity index (χ4n) is 3.89. The van der Waals surface area contributed by atoms with Crippen molar-refractivity contribution >= 4 is 66.4 Å². The number of methoxy groups -OCH3 is 1. The molecular weight excluding hydrogens is 518 g/mol. The molecule has 6 nitrogen and oxygen atoms in total. The van der Waals surface area contributed by atoms with E-state index in [0.717, 1.165) is 20.2 Å². The molecule has 0 aliphatic rings. The van der Waals surface area contributed by atoms with Crippen LogP contribution in [0.1, 0.15) is 52.0 Å². The number of para-hydroxylation sites is 1. The molecule has 0 aliphatic heterocycles. The molecule has 0 fully saturated rings. The van der Waals surface area contributed by atoms with Crippen molar-refractivity contribution in [2.75, 3.05) is 12.4 Å². The number of hydrogen-bond acceptors (Lipinski definition) is 6. The monoisotopic (exact) mass is 545 g/mol. The van der Waals surface area contributed by atoms with Crippen LogP contribution in [0.25, 0.3) is 20.2 Å². The van der Waals surface area contributed by atoms with Crippen LogP contribution in [0.2, 0.25) is 0 Å². The van der Waals surface area contributed by atoms with E-state index in [0.29, 0.717) is 21.0 Å². The molecule has 0 radical (unpaired) electrons. The van der Waals surface area contributed by atoms with Crippen molar-refractivity contribution in [3.05, 3.63) is 98.2 Å². The van der Waals surface area contributed by atoms with E-state index < -0.39 is 11.9 Å². The van der Waals surface area contributed by atoms with Gasteiger partial charge >= 0.3 is 11.9 Å². The van der Waals surface area contributed by atoms with Crippen molar-refractivity contribution < 1.29 is 24.2 Å². The van der Waals surface area contributed by atoms with E-state index in [2.05, 4.69) is 31.3 Å². The van der Waals surface area contributed by atoms with Gasteiger partial charge in [0.05, 0.1) is 23.2 Å². The van der Waals surface area contributed by atoms with E-state index in [9.17, 15) is 14.4 Å². The number of amides is 1. The van der Waals surface area contributed by atoms with E-state index in [1.807, 2.05) is 32.0 Å². The lowest BCUT2D eigenvalue weighted by Gasteiger charge is -2.08. The smallest absolute Gasteiger partial charge is 0.345 e. The van der Waals surface area contributed by atoms with Crippen LogP contribution in [0, 0.1) is 27.7 Å². The Labute approximate surface area is 228 Å². The van der Waals surface area contributed by atoms with Crippen molar-refractivity contribution in [3.8, 4) is 0 Å². The number of esters is 1. The quantitative estimate of drug-likeness (QED) is 0.225. The van der Waals surface area contributed by atoms with Gasteiger partial charge in [0.2, 0.25) is 0 Å². The number of benzene rings is 3. The van der Waals surface area contributed by atoms with Crippen molar-refractivity contribution in [1.82, 2.24) is 0 Å². The Morgan fingerprint density at radius 2 is 1.24 bits per heavy atom. The molecular formula is C30H27NO5S2. The van der Waals surface area contributed by atoms with E-state index >= 15 is 0 Å². The second kappa shape index (κ2) is 11.2. The number of carboxylic acid groups (broad SMARTS) is 1. The van der Waals surface area contributed by atoms with Crippen molar-refractivity contribution in [3.63, 3.8) is 0 Å². The molecule has 2 aromatic heterocycles. The summed E-state index contributed by atoms with van der Waals surface area (Å²) in [5.41, 5.74) is 5.58. The van der Waals surface area contributed by atoms with Crippen molar-refractivity contribution in [2.24, 2.45) is 0 Å². The number of ether oxygens (including phenoxy) is 1. The molecule has 0 atom stereocenters. The van der Waals surface area contributed by atoms with Crippen LogP contribution in [0.15, 0.2) is 60.7 Å². The number of hydrogen-bond donors (Lipinski definition) is 2. The van der Waals surface area contributed by atoms with Crippen molar-refractivity contribution in [2.45, 2.75) is 27.7 Å². The van der Waals surface area contributed by atoms with E-state index in [-0.39, 0.29) is 5.91 Å². The lowest BCUT2D eigenvalue weighted by Crippen LogP contribution is -2.14. The van der Waals surface area contributed by atoms with Gasteiger partial charge in [0.1, 0.15) is 4.88 Å². The zero-order valence-electron chi connectivity index (χ0n) is 21.7. The maximum absolute atomic E-state index is 12.6. The lowest BCUT2D eigenvalue weighted by atomic mass is 10.1. The highest BCUT2D eigenvalue weighted by Gasteiger charge is 2.16. The number of aryl methyl sites for hydroxylation is 4. The topological polar surface area (TPSA) is 92.7 Å². The molecule has 0 saturated heterocycles. The van der Waals surface area contributed by atoms with Gasteiger partial charge in [0.15, 0.2) is 0 Å². The summed E-state index contributed by atoms with van der Waals surface area (Å²) in [5.74, 6) is -1.56. The highest BCUT2D eigenvalue weighted by Crippen LogP contribution is 2.30. The van der Waals surface area contributed by atoms with Crippen LogP contribution in [-0.2, 0) is 4.74 Å². The van der Waals surface area contributed by atoms with Crippen LogP contribution in [-0.4, -0.2) is 30.1 Å². The largest absolute Gasteiger partial charge is 0.477 e. The maximum atomic E-state index is 12.6. The van der Waals surface area contributed by atoms with E-state index in [1.54, 1.807) is 30.3 Å². The minimum Gasteiger partial charge on any atom is -0.477 e. The molecule has 8 heteroatoms. The number of carbonyl (C=O) groups is 3. The average molecular weight is 546 g/mol. The molecule has 0 spiro atoms. The van der Waals surface area contributed by atoms with Crippen LogP contribution < -0.4 is 5.32 Å². The summed E-state index contributed by atoms with van der Waals surface area (Å²) in [7, 11) is 1.32. The molecule has 0 bridgehead atoms. The third kappa shape index (κ3) is 5.77. The van der Waals surface area contributed by atoms with Crippen molar-refractivity contribution in [1.29, 1.82) is 0 Å². The molecule has 0 saturated carbocycles. The number of anilines is 1. The second-order valence-corrected chi connectivity index (χ2v) is 11.1. The third-order valence-electron chi connectivity index (χ3n) is 6.28. The molecule has 0 aliphatic carbocycles. The summed E-state index contributed by atoms with van der Waals surface area (Å²) in [4.78, 5) is 36.1. The summed E-state index contributed by atoms with van der Waals surface area (Å²) in [6.45, 7) is 8.18. The first-order valence-corrected chi connectivity index (χ1v) is 13.4. The molecule has 5 aromatic rings. The first-order valence-electron chi connectivity index (χ1n) is 11.8. The van der Waals surface area contributed by atoms with Crippen LogP contribution in [0.4, 0.5) is 5.69 Å². The highest BCUT2D eigenvalue weighted by atomic mass is 32.1. The standard InChI is InChI=1S/C19H17NO3S.C11H10O2S/c1-11-8-13-10-17(24-16(13)9-12(11)2)18(21)20-15-7-5-4-6-14(15)19(22)23-3;1-6-3-8-5-10(11(12)13)14-9(8)4-7(6)2/h4-10H,1-3H3,(H,20,21);3-5H,1-2H3,(H,12,13). The number of thiophene rings is 2. The van der Waals surface area contributed by atoms with Gasteiger partial charge in [-0.3, -0.25) is 4.79 Å². The van der Waals surface area contributed by atoms with Gasteiger partial charge in [-0.2, -0.15) is 0 Å². The van der Waals surface area contributed by atoms with Crippen LogP contribution >= 0.6 is 22.7 Å². The number of carboxylic acids is 1. The van der Waals surface area contributed by atoms with Gasteiger partial charge in [0, 0.05) is 9.40 Å². The fourth-order valence-corrected chi connectivity index (χ4v) is 5.91. The first kappa shape index (κ1) is 27.0. The molecule has 2 heterocycles. The SMILES string of the molecule is COC(=O)c1ccccc1NC(=O)c1cc2cc(C)c(C)cc2s1.Cc1cc2cc(C(=O)O)sc2cc1C. The zero-order chi connectivity index (χ0) is 27.6. The Kier molecular flexibility index (Phi) is 7.94. The first-order chi connectivity index (χ1) is 18.1. The summed E-state index contributed by atoms with van der Waals surface area (Å²) in [6, 6.07) is 18.7. The van der Waals surface area contributed by atoms with Crippen LogP contribution in [0.5, 0.6) is 0 Å². The lowest BCUT2D eigenvalue weighted by molar-refractivity contribution is 0.0601. The van der Waals surface area contributed by atoms with Gasteiger partial charge in [-0.15, -0.1) is 22.7 Å². The Balaban J connectivity index is 0.000000204.